The number of hydrogen-bond donors (Lipinski definition) is 3. The molecular formula is C6H14N2O3. The summed E-state index contributed by atoms with van der Waals surface area (Å²) in [6.45, 7) is 0.554. The van der Waals surface area contributed by atoms with Crippen LogP contribution in [0.5, 0.6) is 0 Å². The first kappa shape index (κ1) is 10.2. The van der Waals surface area contributed by atoms with Gasteiger partial charge in [-0.1, -0.05) is 0 Å². The van der Waals surface area contributed by atoms with Gasteiger partial charge in [-0.3, -0.25) is 5.73 Å². The molecule has 4 N–H and O–H groups in total. The number of aliphatic hydroxyl groups is 1. The molecule has 0 heterocycles. The van der Waals surface area contributed by atoms with E-state index in [1.165, 1.54) is 0 Å². The molecule has 0 aromatic heterocycles. The van der Waals surface area contributed by atoms with Crippen LogP contribution in [0.3, 0.4) is 0 Å². The van der Waals surface area contributed by atoms with Gasteiger partial charge < -0.3 is 15.2 Å². The molecule has 0 aliphatic carbocycles. The lowest BCUT2D eigenvalue weighted by atomic mass is 10.3. The molecule has 5 nitrogen and oxygen atoms in total. The van der Waals surface area contributed by atoms with Crippen LogP contribution in [0.15, 0.2) is 0 Å². The summed E-state index contributed by atoms with van der Waals surface area (Å²) in [4.78, 5) is 10.5. The number of ether oxygens (including phenoxy) is 1. The first-order valence-corrected chi connectivity index (χ1v) is 3.52. The highest BCUT2D eigenvalue weighted by Gasteiger charge is 1.96. The molecule has 11 heavy (non-hydrogen) atoms. The van der Waals surface area contributed by atoms with Gasteiger partial charge in [0, 0.05) is 13.2 Å². The standard InChI is InChI=1S/C6H14N2O3/c7-5-11-6(10)8-3-1-2-4-9/h9H,1-5,7H2,(H,8,10). The van der Waals surface area contributed by atoms with E-state index in [0.717, 1.165) is 6.42 Å². The molecule has 0 saturated carbocycles. The van der Waals surface area contributed by atoms with Crippen molar-refractivity contribution in [3.8, 4) is 0 Å². The fourth-order valence-electron chi connectivity index (χ4n) is 0.554. The van der Waals surface area contributed by atoms with Crippen LogP contribution in [0, 0.1) is 0 Å². The summed E-state index contributed by atoms with van der Waals surface area (Å²) in [5, 5.41) is 10.8. The highest BCUT2D eigenvalue weighted by atomic mass is 16.6. The number of rotatable bonds is 5. The molecule has 1 amide bonds. The van der Waals surface area contributed by atoms with E-state index >= 15 is 0 Å². The van der Waals surface area contributed by atoms with Crippen molar-refractivity contribution >= 4 is 6.09 Å². The van der Waals surface area contributed by atoms with Gasteiger partial charge in [-0.25, -0.2) is 4.79 Å². The number of amides is 1. The molecule has 0 aliphatic rings. The van der Waals surface area contributed by atoms with Gasteiger partial charge in [-0.2, -0.15) is 0 Å². The van der Waals surface area contributed by atoms with Crippen molar-refractivity contribution < 1.29 is 14.6 Å². The van der Waals surface area contributed by atoms with Crippen LogP contribution in [-0.2, 0) is 4.74 Å². The van der Waals surface area contributed by atoms with Crippen LogP contribution in [-0.4, -0.2) is 31.1 Å². The quantitative estimate of drug-likeness (QED) is 0.372. The fraction of sp³-hybridized carbons (Fsp3) is 0.833. The Morgan fingerprint density at radius 2 is 2.27 bits per heavy atom. The van der Waals surface area contributed by atoms with Crippen molar-refractivity contribution in [1.82, 2.24) is 5.32 Å². The predicted octanol–water partition coefficient (Wildman–Crippen LogP) is -0.599. The Hall–Kier alpha value is -0.810. The number of alkyl carbamates (subject to hydrolysis) is 1. The molecule has 0 fully saturated rings. The highest BCUT2D eigenvalue weighted by molar-refractivity contribution is 5.66. The SMILES string of the molecule is NCOC(=O)NCCCCO. The van der Waals surface area contributed by atoms with E-state index in [4.69, 9.17) is 10.8 Å². The topological polar surface area (TPSA) is 84.6 Å². The zero-order valence-electron chi connectivity index (χ0n) is 6.38. The second-order valence-corrected chi connectivity index (χ2v) is 1.96. The third kappa shape index (κ3) is 7.08. The molecule has 0 aliphatic heterocycles. The molecule has 0 saturated heterocycles. The first-order valence-electron chi connectivity index (χ1n) is 3.52. The van der Waals surface area contributed by atoms with E-state index in [-0.39, 0.29) is 13.3 Å². The van der Waals surface area contributed by atoms with Crippen molar-refractivity contribution in [3.63, 3.8) is 0 Å². The Morgan fingerprint density at radius 1 is 1.55 bits per heavy atom. The van der Waals surface area contributed by atoms with Gasteiger partial charge in [0.25, 0.3) is 0 Å². The van der Waals surface area contributed by atoms with Crippen LogP contribution in [0.2, 0.25) is 0 Å². The predicted molar refractivity (Wildman–Crippen MR) is 39.9 cm³/mol. The Bertz CT molecular complexity index is 108. The molecule has 0 unspecified atom stereocenters. The average Bonchev–Trinajstić information content (AvgIpc) is 1.99. The zero-order chi connectivity index (χ0) is 8.53. The molecule has 66 valence electrons. The minimum Gasteiger partial charge on any atom is -0.434 e. The monoisotopic (exact) mass is 162 g/mol. The Labute approximate surface area is 65.5 Å². The number of unbranched alkanes of at least 4 members (excludes halogenated alkanes) is 1. The number of carbonyl (C=O) groups excluding carboxylic acids is 1. The van der Waals surface area contributed by atoms with Crippen molar-refractivity contribution in [2.75, 3.05) is 19.9 Å². The van der Waals surface area contributed by atoms with Gasteiger partial charge in [-0.05, 0) is 12.8 Å². The molecule has 0 bridgehead atoms. The Morgan fingerprint density at radius 3 is 2.82 bits per heavy atom. The Kier molecular flexibility index (Phi) is 6.76. The lowest BCUT2D eigenvalue weighted by Crippen LogP contribution is -2.27. The summed E-state index contributed by atoms with van der Waals surface area (Å²) in [7, 11) is 0. The average molecular weight is 162 g/mol. The number of nitrogens with one attached hydrogen (secondary N) is 1. The third-order valence-electron chi connectivity index (χ3n) is 1.07. The van der Waals surface area contributed by atoms with Crippen molar-refractivity contribution in [1.29, 1.82) is 0 Å². The lowest BCUT2D eigenvalue weighted by molar-refractivity contribution is 0.149. The maximum Gasteiger partial charge on any atom is 0.408 e. The van der Waals surface area contributed by atoms with Crippen LogP contribution in [0.25, 0.3) is 0 Å². The van der Waals surface area contributed by atoms with E-state index in [1.54, 1.807) is 0 Å². The molecule has 0 radical (unpaired) electrons. The molecule has 0 rings (SSSR count). The van der Waals surface area contributed by atoms with Gasteiger partial charge in [-0.15, -0.1) is 0 Å². The van der Waals surface area contributed by atoms with E-state index in [0.29, 0.717) is 13.0 Å². The fourth-order valence-corrected chi connectivity index (χ4v) is 0.554. The summed E-state index contributed by atoms with van der Waals surface area (Å²) >= 11 is 0. The molecule has 5 heteroatoms. The van der Waals surface area contributed by atoms with Gasteiger partial charge in [0.1, 0.15) is 6.73 Å². The minimum absolute atomic E-state index is 0.105. The van der Waals surface area contributed by atoms with Crippen molar-refractivity contribution in [2.24, 2.45) is 5.73 Å². The lowest BCUT2D eigenvalue weighted by Gasteiger charge is -2.03. The molecule has 0 atom stereocenters. The van der Waals surface area contributed by atoms with Crippen LogP contribution < -0.4 is 11.1 Å². The van der Waals surface area contributed by atoms with Crippen molar-refractivity contribution in [2.45, 2.75) is 12.8 Å². The molecule has 0 aromatic carbocycles. The van der Waals surface area contributed by atoms with E-state index < -0.39 is 6.09 Å². The maximum atomic E-state index is 10.5. The van der Waals surface area contributed by atoms with Gasteiger partial charge in [0.15, 0.2) is 0 Å². The number of carbonyl (C=O) groups is 1. The summed E-state index contributed by atoms with van der Waals surface area (Å²) < 4.78 is 4.39. The molecular weight excluding hydrogens is 148 g/mol. The van der Waals surface area contributed by atoms with E-state index in [2.05, 4.69) is 10.1 Å². The second-order valence-electron chi connectivity index (χ2n) is 1.96. The summed E-state index contributed by atoms with van der Waals surface area (Å²) in [5.41, 5.74) is 4.94. The normalized spacial score (nSPS) is 9.27. The number of hydrogen-bond acceptors (Lipinski definition) is 4. The smallest absolute Gasteiger partial charge is 0.408 e. The Balaban J connectivity index is 3.04. The van der Waals surface area contributed by atoms with Gasteiger partial charge in [0.2, 0.25) is 0 Å². The van der Waals surface area contributed by atoms with Crippen molar-refractivity contribution in [3.05, 3.63) is 0 Å². The largest absolute Gasteiger partial charge is 0.434 e. The van der Waals surface area contributed by atoms with E-state index in [9.17, 15) is 4.79 Å². The third-order valence-corrected chi connectivity index (χ3v) is 1.07. The highest BCUT2D eigenvalue weighted by Crippen LogP contribution is 1.84. The number of nitrogens with two attached hydrogens (primary N) is 1. The first-order chi connectivity index (χ1) is 5.31. The molecule has 0 aromatic rings. The summed E-state index contributed by atoms with van der Waals surface area (Å²) in [6, 6.07) is 0. The van der Waals surface area contributed by atoms with Gasteiger partial charge in [0.05, 0.1) is 0 Å². The second kappa shape index (κ2) is 7.30. The van der Waals surface area contributed by atoms with Gasteiger partial charge >= 0.3 is 6.09 Å². The number of aliphatic hydroxyl groups excluding tert-OH is 1. The maximum absolute atomic E-state index is 10.5. The zero-order valence-corrected chi connectivity index (χ0v) is 6.38. The van der Waals surface area contributed by atoms with Crippen LogP contribution in [0.1, 0.15) is 12.8 Å². The molecule has 0 spiro atoms. The summed E-state index contributed by atoms with van der Waals surface area (Å²) in [5.74, 6) is 0. The van der Waals surface area contributed by atoms with Crippen LogP contribution in [0.4, 0.5) is 4.79 Å². The summed E-state index contributed by atoms with van der Waals surface area (Å²) in [6.07, 6.45) is 0.921. The minimum atomic E-state index is -0.509. The van der Waals surface area contributed by atoms with E-state index in [1.807, 2.05) is 0 Å². The van der Waals surface area contributed by atoms with Crippen LogP contribution >= 0.6 is 0 Å².